The van der Waals surface area contributed by atoms with Gasteiger partial charge < -0.3 is 15.8 Å². The molecule has 1 atom stereocenters. The van der Waals surface area contributed by atoms with Crippen molar-refractivity contribution in [2.75, 3.05) is 33.2 Å². The predicted molar refractivity (Wildman–Crippen MR) is 51.9 cm³/mol. The van der Waals surface area contributed by atoms with Crippen LogP contribution in [0, 0.1) is 0 Å². The summed E-state index contributed by atoms with van der Waals surface area (Å²) in [7, 11) is 2.11. The number of rotatable bonds is 2. The van der Waals surface area contributed by atoms with E-state index in [2.05, 4.69) is 28.9 Å². The summed E-state index contributed by atoms with van der Waals surface area (Å²) >= 11 is 0. The number of likely N-dealkylation sites (N-methyl/N-ethyl adjacent to an activating group) is 1. The Morgan fingerprint density at radius 2 is 2.31 bits per heavy atom. The van der Waals surface area contributed by atoms with Crippen LogP contribution in [0.4, 0.5) is 0 Å². The summed E-state index contributed by atoms with van der Waals surface area (Å²) in [5.74, 6) is 0.288. The van der Waals surface area contributed by atoms with Crippen LogP contribution >= 0.6 is 0 Å². The molecule has 0 aromatic rings. The first-order valence-corrected chi connectivity index (χ1v) is 4.52. The van der Waals surface area contributed by atoms with Gasteiger partial charge in [-0.1, -0.05) is 5.16 Å². The van der Waals surface area contributed by atoms with Crippen molar-refractivity contribution in [1.29, 1.82) is 0 Å². The molecule has 5 nitrogen and oxygen atoms in total. The van der Waals surface area contributed by atoms with E-state index in [-0.39, 0.29) is 5.84 Å². The van der Waals surface area contributed by atoms with Crippen molar-refractivity contribution in [3.8, 4) is 0 Å². The predicted octanol–water partition coefficient (Wildman–Crippen LogP) is -0.631. The van der Waals surface area contributed by atoms with Gasteiger partial charge in [-0.25, -0.2) is 0 Å². The number of hydrogen-bond donors (Lipinski definition) is 2. The minimum absolute atomic E-state index is 0.288. The van der Waals surface area contributed by atoms with E-state index in [0.29, 0.717) is 12.6 Å². The first-order valence-electron chi connectivity index (χ1n) is 4.52. The molecule has 1 unspecified atom stereocenters. The minimum Gasteiger partial charge on any atom is -0.409 e. The van der Waals surface area contributed by atoms with Gasteiger partial charge in [0.05, 0.1) is 6.54 Å². The molecule has 0 aromatic heterocycles. The summed E-state index contributed by atoms with van der Waals surface area (Å²) in [6.07, 6.45) is 0. The van der Waals surface area contributed by atoms with Crippen LogP contribution in [-0.4, -0.2) is 60.1 Å². The summed E-state index contributed by atoms with van der Waals surface area (Å²) in [4.78, 5) is 4.50. The van der Waals surface area contributed by atoms with Gasteiger partial charge in [0.1, 0.15) is 0 Å². The topological polar surface area (TPSA) is 65.1 Å². The lowest BCUT2D eigenvalue weighted by Gasteiger charge is -2.37. The van der Waals surface area contributed by atoms with Gasteiger partial charge >= 0.3 is 0 Å². The molecular formula is C8H18N4O. The van der Waals surface area contributed by atoms with Crippen molar-refractivity contribution < 1.29 is 5.21 Å². The molecule has 0 bridgehead atoms. The van der Waals surface area contributed by atoms with Crippen LogP contribution in [0.1, 0.15) is 6.92 Å². The van der Waals surface area contributed by atoms with E-state index in [1.54, 1.807) is 0 Å². The maximum atomic E-state index is 8.43. The van der Waals surface area contributed by atoms with Crippen molar-refractivity contribution in [3.63, 3.8) is 0 Å². The zero-order valence-electron chi connectivity index (χ0n) is 8.27. The summed E-state index contributed by atoms with van der Waals surface area (Å²) in [6, 6.07) is 0.471. The Kier molecular flexibility index (Phi) is 3.50. The fourth-order valence-electron chi connectivity index (χ4n) is 1.65. The van der Waals surface area contributed by atoms with Crippen LogP contribution in [0.2, 0.25) is 0 Å². The highest BCUT2D eigenvalue weighted by atomic mass is 16.4. The van der Waals surface area contributed by atoms with Crippen molar-refractivity contribution in [2.24, 2.45) is 10.9 Å². The van der Waals surface area contributed by atoms with Crippen LogP contribution in [0.5, 0.6) is 0 Å². The first kappa shape index (κ1) is 10.3. The summed E-state index contributed by atoms with van der Waals surface area (Å²) < 4.78 is 0. The Balaban J connectivity index is 2.42. The molecule has 1 saturated heterocycles. The second-order valence-electron chi connectivity index (χ2n) is 3.67. The molecule has 1 heterocycles. The lowest BCUT2D eigenvalue weighted by molar-refractivity contribution is 0.114. The molecule has 1 aliphatic rings. The SMILES string of the molecule is CC1CN(C)CCN1C/C(N)=N/O. The molecule has 1 fully saturated rings. The van der Waals surface area contributed by atoms with E-state index in [1.807, 2.05) is 0 Å². The number of hydrogen-bond acceptors (Lipinski definition) is 4. The van der Waals surface area contributed by atoms with E-state index < -0.39 is 0 Å². The smallest absolute Gasteiger partial charge is 0.153 e. The van der Waals surface area contributed by atoms with Gasteiger partial charge in [-0.15, -0.1) is 0 Å². The summed E-state index contributed by atoms with van der Waals surface area (Å²) in [5.41, 5.74) is 5.45. The molecule has 0 aromatic carbocycles. The maximum Gasteiger partial charge on any atom is 0.153 e. The lowest BCUT2D eigenvalue weighted by atomic mass is 10.2. The van der Waals surface area contributed by atoms with Crippen molar-refractivity contribution in [1.82, 2.24) is 9.80 Å². The largest absolute Gasteiger partial charge is 0.409 e. The van der Waals surface area contributed by atoms with Gasteiger partial charge in [0.25, 0.3) is 0 Å². The molecule has 1 rings (SSSR count). The molecule has 13 heavy (non-hydrogen) atoms. The number of oxime groups is 1. The average molecular weight is 186 g/mol. The van der Waals surface area contributed by atoms with Crippen molar-refractivity contribution in [2.45, 2.75) is 13.0 Å². The third kappa shape index (κ3) is 2.86. The molecule has 76 valence electrons. The summed E-state index contributed by atoms with van der Waals surface area (Å²) in [6.45, 7) is 5.78. The van der Waals surface area contributed by atoms with E-state index in [1.165, 1.54) is 0 Å². The quantitative estimate of drug-likeness (QED) is 0.261. The third-order valence-corrected chi connectivity index (χ3v) is 2.46. The Morgan fingerprint density at radius 1 is 1.62 bits per heavy atom. The van der Waals surface area contributed by atoms with Crippen LogP contribution in [0.3, 0.4) is 0 Å². The van der Waals surface area contributed by atoms with Gasteiger partial charge in [-0.2, -0.15) is 0 Å². The minimum atomic E-state index is 0.288. The van der Waals surface area contributed by atoms with Gasteiger partial charge in [-0.05, 0) is 14.0 Å². The van der Waals surface area contributed by atoms with Crippen LogP contribution in [0.15, 0.2) is 5.16 Å². The van der Waals surface area contributed by atoms with E-state index in [9.17, 15) is 0 Å². The zero-order valence-corrected chi connectivity index (χ0v) is 8.27. The Labute approximate surface area is 78.8 Å². The van der Waals surface area contributed by atoms with Gasteiger partial charge in [0, 0.05) is 25.7 Å². The molecule has 0 aliphatic carbocycles. The van der Waals surface area contributed by atoms with Crippen molar-refractivity contribution >= 4 is 5.84 Å². The molecule has 0 saturated carbocycles. The summed E-state index contributed by atoms with van der Waals surface area (Å²) in [5, 5.41) is 11.4. The highest BCUT2D eigenvalue weighted by Gasteiger charge is 2.21. The Hall–Kier alpha value is -0.810. The molecule has 3 N–H and O–H groups in total. The molecule has 5 heteroatoms. The fourth-order valence-corrected chi connectivity index (χ4v) is 1.65. The molecule has 0 spiro atoms. The highest BCUT2D eigenvalue weighted by molar-refractivity contribution is 5.81. The molecular weight excluding hydrogens is 168 g/mol. The number of piperazine rings is 1. The normalized spacial score (nSPS) is 27.8. The molecule has 0 radical (unpaired) electrons. The van der Waals surface area contributed by atoms with Crippen molar-refractivity contribution in [3.05, 3.63) is 0 Å². The monoisotopic (exact) mass is 186 g/mol. The number of nitrogens with two attached hydrogens (primary N) is 1. The fraction of sp³-hybridized carbons (Fsp3) is 0.875. The Bertz CT molecular complexity index is 195. The van der Waals surface area contributed by atoms with Gasteiger partial charge in [0.2, 0.25) is 0 Å². The number of amidine groups is 1. The molecule has 0 amide bonds. The highest BCUT2D eigenvalue weighted by Crippen LogP contribution is 2.06. The van der Waals surface area contributed by atoms with Crippen LogP contribution in [-0.2, 0) is 0 Å². The van der Waals surface area contributed by atoms with Crippen LogP contribution < -0.4 is 5.73 Å². The average Bonchev–Trinajstić information content (AvgIpc) is 2.09. The van der Waals surface area contributed by atoms with E-state index >= 15 is 0 Å². The maximum absolute atomic E-state index is 8.43. The molecule has 1 aliphatic heterocycles. The Morgan fingerprint density at radius 3 is 2.85 bits per heavy atom. The lowest BCUT2D eigenvalue weighted by Crippen LogP contribution is -2.52. The zero-order chi connectivity index (χ0) is 9.84. The standard InChI is InChI=1S/C8H18N4O/c1-7-5-11(2)3-4-12(7)6-8(9)10-13/h7,13H,3-6H2,1-2H3,(H2,9,10). The first-order chi connectivity index (χ1) is 6.13. The van der Waals surface area contributed by atoms with Gasteiger partial charge in [0.15, 0.2) is 5.84 Å². The van der Waals surface area contributed by atoms with E-state index in [4.69, 9.17) is 10.9 Å². The second-order valence-corrected chi connectivity index (χ2v) is 3.67. The van der Waals surface area contributed by atoms with E-state index in [0.717, 1.165) is 19.6 Å². The second kappa shape index (κ2) is 4.43. The van der Waals surface area contributed by atoms with Gasteiger partial charge in [-0.3, -0.25) is 4.90 Å². The number of nitrogens with zero attached hydrogens (tertiary/aromatic N) is 3. The third-order valence-electron chi connectivity index (χ3n) is 2.46. The van der Waals surface area contributed by atoms with Crippen LogP contribution in [0.25, 0.3) is 0 Å².